The highest BCUT2D eigenvalue weighted by atomic mass is 15.3. The summed E-state index contributed by atoms with van der Waals surface area (Å²) in [7, 11) is 0. The van der Waals surface area contributed by atoms with Gasteiger partial charge < -0.3 is 4.48 Å². The van der Waals surface area contributed by atoms with Crippen LogP contribution >= 0.6 is 0 Å². The van der Waals surface area contributed by atoms with Gasteiger partial charge in [0.25, 0.3) is 0 Å². The number of unbranched alkanes of at least 4 members (excludes halogenated alkanes) is 14. The number of hydrogen-bond donors (Lipinski definition) is 0. The molecule has 0 spiro atoms. The fourth-order valence-corrected chi connectivity index (χ4v) is 5.18. The maximum absolute atomic E-state index is 2.39. The lowest BCUT2D eigenvalue weighted by Crippen LogP contribution is -2.49. The van der Waals surface area contributed by atoms with Crippen molar-refractivity contribution in [3.05, 3.63) is 35.9 Å². The molecule has 1 aromatic carbocycles. The van der Waals surface area contributed by atoms with Crippen LogP contribution in [0.1, 0.15) is 135 Å². The Balaban J connectivity index is 2.48. The van der Waals surface area contributed by atoms with Crippen LogP contribution in [-0.4, -0.2) is 24.1 Å². The summed E-state index contributed by atoms with van der Waals surface area (Å²) in [5, 5.41) is 0. The highest BCUT2D eigenvalue weighted by Gasteiger charge is 2.26. The first-order valence-corrected chi connectivity index (χ1v) is 14.2. The van der Waals surface area contributed by atoms with Crippen molar-refractivity contribution in [2.24, 2.45) is 0 Å². The Morgan fingerprint density at radius 1 is 0.452 bits per heavy atom. The third kappa shape index (κ3) is 14.8. The average molecular weight is 431 g/mol. The molecule has 0 aliphatic heterocycles. The van der Waals surface area contributed by atoms with Crippen molar-refractivity contribution in [3.8, 4) is 0 Å². The molecule has 0 fully saturated rings. The molecule has 0 atom stereocenters. The molecule has 0 aromatic heterocycles. The monoisotopic (exact) mass is 430 g/mol. The fraction of sp³-hybridized carbons (Fsp3) is 0.800. The van der Waals surface area contributed by atoms with Gasteiger partial charge in [0, 0.05) is 5.56 Å². The van der Waals surface area contributed by atoms with Gasteiger partial charge in [0.1, 0.15) is 6.54 Å². The van der Waals surface area contributed by atoms with E-state index in [1.807, 2.05) is 0 Å². The van der Waals surface area contributed by atoms with Crippen LogP contribution in [0.25, 0.3) is 0 Å². The van der Waals surface area contributed by atoms with Crippen LogP contribution in [0, 0.1) is 0 Å². The molecule has 0 heterocycles. The lowest BCUT2D eigenvalue weighted by atomic mass is 10.0. The van der Waals surface area contributed by atoms with E-state index in [4.69, 9.17) is 0 Å². The SMILES string of the molecule is CCCCCCCCCC[N+](CCC)(CCCCCCCCCC)Cc1ccccc1. The maximum Gasteiger partial charge on any atom is 0.104 e. The van der Waals surface area contributed by atoms with Crippen molar-refractivity contribution < 1.29 is 4.48 Å². The highest BCUT2D eigenvalue weighted by Crippen LogP contribution is 2.21. The third-order valence-corrected chi connectivity index (χ3v) is 7.03. The van der Waals surface area contributed by atoms with Gasteiger partial charge in [-0.15, -0.1) is 0 Å². The van der Waals surface area contributed by atoms with Crippen LogP contribution in [0.3, 0.4) is 0 Å². The lowest BCUT2D eigenvalue weighted by molar-refractivity contribution is -0.941. The van der Waals surface area contributed by atoms with Gasteiger partial charge in [-0.2, -0.15) is 0 Å². The summed E-state index contributed by atoms with van der Waals surface area (Å²) in [4.78, 5) is 0. The molecule has 0 unspecified atom stereocenters. The third-order valence-electron chi connectivity index (χ3n) is 7.03. The Kier molecular flexibility index (Phi) is 18.1. The molecule has 0 N–H and O–H groups in total. The number of nitrogens with zero attached hydrogens (tertiary/aromatic N) is 1. The zero-order valence-electron chi connectivity index (χ0n) is 21.7. The summed E-state index contributed by atoms with van der Waals surface area (Å²) in [5.41, 5.74) is 1.54. The van der Waals surface area contributed by atoms with E-state index in [-0.39, 0.29) is 0 Å². The minimum atomic E-state index is 1.24. The van der Waals surface area contributed by atoms with Gasteiger partial charge in [0.2, 0.25) is 0 Å². The highest BCUT2D eigenvalue weighted by molar-refractivity contribution is 5.13. The summed E-state index contributed by atoms with van der Waals surface area (Å²) < 4.78 is 1.33. The van der Waals surface area contributed by atoms with Gasteiger partial charge in [0.05, 0.1) is 19.6 Å². The van der Waals surface area contributed by atoms with Gasteiger partial charge in [-0.25, -0.2) is 0 Å². The first kappa shape index (κ1) is 28.2. The molecular formula is C30H56N+. The molecule has 31 heavy (non-hydrogen) atoms. The Hall–Kier alpha value is -0.820. The van der Waals surface area contributed by atoms with E-state index in [1.165, 1.54) is 145 Å². The molecule has 180 valence electrons. The molecule has 1 rings (SSSR count). The topological polar surface area (TPSA) is 0 Å². The Morgan fingerprint density at radius 3 is 1.29 bits per heavy atom. The van der Waals surface area contributed by atoms with Gasteiger partial charge in [-0.05, 0) is 32.1 Å². The average Bonchev–Trinajstić information content (AvgIpc) is 2.78. The van der Waals surface area contributed by atoms with Crippen molar-refractivity contribution in [1.82, 2.24) is 0 Å². The zero-order chi connectivity index (χ0) is 22.5. The summed E-state index contributed by atoms with van der Waals surface area (Å²) >= 11 is 0. The van der Waals surface area contributed by atoms with Gasteiger partial charge >= 0.3 is 0 Å². The van der Waals surface area contributed by atoms with Crippen LogP contribution in [0.5, 0.6) is 0 Å². The minimum Gasteiger partial charge on any atom is -0.320 e. The van der Waals surface area contributed by atoms with Gasteiger partial charge in [0.15, 0.2) is 0 Å². The van der Waals surface area contributed by atoms with Gasteiger partial charge in [-0.3, -0.25) is 0 Å². The molecule has 1 aromatic rings. The molecular weight excluding hydrogens is 374 g/mol. The van der Waals surface area contributed by atoms with Crippen molar-refractivity contribution in [2.75, 3.05) is 19.6 Å². The summed E-state index contributed by atoms with van der Waals surface area (Å²) in [6.45, 7) is 12.4. The van der Waals surface area contributed by atoms with Crippen molar-refractivity contribution >= 4 is 0 Å². The molecule has 0 saturated carbocycles. The second-order valence-corrected chi connectivity index (χ2v) is 10.1. The van der Waals surface area contributed by atoms with E-state index in [0.29, 0.717) is 0 Å². The molecule has 0 amide bonds. The van der Waals surface area contributed by atoms with Gasteiger partial charge in [-0.1, -0.05) is 128 Å². The molecule has 0 aliphatic rings. The Morgan fingerprint density at radius 2 is 0.871 bits per heavy atom. The molecule has 0 radical (unpaired) electrons. The second kappa shape index (κ2) is 19.8. The molecule has 0 aliphatic carbocycles. The first-order valence-electron chi connectivity index (χ1n) is 14.2. The number of rotatable bonds is 22. The van der Waals surface area contributed by atoms with Crippen molar-refractivity contribution in [1.29, 1.82) is 0 Å². The van der Waals surface area contributed by atoms with Crippen LogP contribution in [0.15, 0.2) is 30.3 Å². The van der Waals surface area contributed by atoms with E-state index in [9.17, 15) is 0 Å². The van der Waals surface area contributed by atoms with Crippen molar-refractivity contribution in [3.63, 3.8) is 0 Å². The summed E-state index contributed by atoms with van der Waals surface area (Å²) in [6, 6.07) is 11.3. The second-order valence-electron chi connectivity index (χ2n) is 10.1. The van der Waals surface area contributed by atoms with Crippen LogP contribution in [0.2, 0.25) is 0 Å². The first-order chi connectivity index (χ1) is 15.3. The maximum atomic E-state index is 2.39. The smallest absolute Gasteiger partial charge is 0.104 e. The lowest BCUT2D eigenvalue weighted by Gasteiger charge is -2.39. The molecule has 0 bridgehead atoms. The number of hydrogen-bond acceptors (Lipinski definition) is 0. The van der Waals surface area contributed by atoms with E-state index in [1.54, 1.807) is 0 Å². The summed E-state index contributed by atoms with van der Waals surface area (Å²) in [5.74, 6) is 0. The van der Waals surface area contributed by atoms with E-state index < -0.39 is 0 Å². The summed E-state index contributed by atoms with van der Waals surface area (Å²) in [6.07, 6.45) is 24.1. The largest absolute Gasteiger partial charge is 0.320 e. The predicted octanol–water partition coefficient (Wildman–Crippen LogP) is 9.69. The predicted molar refractivity (Wildman–Crippen MR) is 141 cm³/mol. The van der Waals surface area contributed by atoms with Crippen LogP contribution in [0.4, 0.5) is 0 Å². The number of quaternary nitrogens is 1. The van der Waals surface area contributed by atoms with E-state index in [2.05, 4.69) is 51.1 Å². The Labute approximate surface area is 196 Å². The Bertz CT molecular complexity index is 460. The van der Waals surface area contributed by atoms with E-state index >= 15 is 0 Å². The standard InChI is InChI=1S/C30H56N/c1-4-7-9-11-13-15-17-22-27-31(26-6-3,29-30-24-20-19-21-25-30)28-23-18-16-14-12-10-8-5-2/h19-21,24-25H,4-18,22-23,26-29H2,1-3H3/q+1. The number of benzene rings is 1. The fourth-order valence-electron chi connectivity index (χ4n) is 5.18. The molecule has 1 nitrogen and oxygen atoms in total. The zero-order valence-corrected chi connectivity index (χ0v) is 21.7. The van der Waals surface area contributed by atoms with Crippen LogP contribution < -0.4 is 0 Å². The quantitative estimate of drug-likeness (QED) is 0.127. The van der Waals surface area contributed by atoms with Crippen LogP contribution in [-0.2, 0) is 6.54 Å². The van der Waals surface area contributed by atoms with E-state index in [0.717, 1.165) is 0 Å². The van der Waals surface area contributed by atoms with Crippen molar-refractivity contribution in [2.45, 2.75) is 136 Å². The molecule has 1 heteroatoms. The minimum absolute atomic E-state index is 1.24. The molecule has 0 saturated heterocycles. The normalized spacial score (nSPS) is 11.8.